The summed E-state index contributed by atoms with van der Waals surface area (Å²) in [5.74, 6) is 0.902. The molecular formula is C14H22BrClN2O3S. The largest absolute Gasteiger partial charge is 0.497 e. The molecule has 1 heterocycles. The van der Waals surface area contributed by atoms with Crippen molar-refractivity contribution in [3.8, 4) is 5.75 Å². The Morgan fingerprint density at radius 1 is 1.41 bits per heavy atom. The number of hydrogen-bond acceptors (Lipinski definition) is 4. The van der Waals surface area contributed by atoms with Crippen LogP contribution in [0.2, 0.25) is 0 Å². The monoisotopic (exact) mass is 412 g/mol. The van der Waals surface area contributed by atoms with Gasteiger partial charge in [0.15, 0.2) is 0 Å². The number of nitrogens with zero attached hydrogens (tertiary/aromatic N) is 1. The Morgan fingerprint density at radius 3 is 2.77 bits per heavy atom. The zero-order chi connectivity index (χ0) is 15.5. The van der Waals surface area contributed by atoms with Gasteiger partial charge in [-0.05, 0) is 44.5 Å². The summed E-state index contributed by atoms with van der Waals surface area (Å²) >= 11 is 3.33. The van der Waals surface area contributed by atoms with E-state index in [-0.39, 0.29) is 17.3 Å². The maximum absolute atomic E-state index is 12.8. The summed E-state index contributed by atoms with van der Waals surface area (Å²) in [5.41, 5.74) is 0. The summed E-state index contributed by atoms with van der Waals surface area (Å²) in [7, 11) is -0.0476. The minimum Gasteiger partial charge on any atom is -0.497 e. The second-order valence-electron chi connectivity index (χ2n) is 5.26. The molecule has 0 bridgehead atoms. The lowest BCUT2D eigenvalue weighted by Gasteiger charge is -2.32. The maximum Gasteiger partial charge on any atom is 0.243 e. The topological polar surface area (TPSA) is 58.6 Å². The molecule has 1 aromatic carbocycles. The maximum atomic E-state index is 12.8. The number of benzene rings is 1. The van der Waals surface area contributed by atoms with E-state index in [0.29, 0.717) is 29.2 Å². The van der Waals surface area contributed by atoms with E-state index in [1.807, 2.05) is 7.05 Å². The molecule has 1 saturated heterocycles. The van der Waals surface area contributed by atoms with Gasteiger partial charge in [-0.1, -0.05) is 15.9 Å². The number of rotatable bonds is 5. The molecule has 126 valence electrons. The Labute approximate surface area is 147 Å². The second kappa shape index (κ2) is 8.49. The van der Waals surface area contributed by atoms with Crippen molar-refractivity contribution in [2.24, 2.45) is 5.92 Å². The van der Waals surface area contributed by atoms with Gasteiger partial charge in [0.25, 0.3) is 0 Å². The normalized spacial score (nSPS) is 19.5. The Kier molecular flexibility index (Phi) is 7.61. The first-order chi connectivity index (χ1) is 9.97. The van der Waals surface area contributed by atoms with Gasteiger partial charge in [-0.15, -0.1) is 12.4 Å². The Morgan fingerprint density at radius 2 is 2.14 bits per heavy atom. The van der Waals surface area contributed by atoms with Crippen LogP contribution in [-0.4, -0.2) is 46.5 Å². The van der Waals surface area contributed by atoms with Gasteiger partial charge in [0.1, 0.15) is 5.75 Å². The van der Waals surface area contributed by atoms with Gasteiger partial charge >= 0.3 is 0 Å². The fourth-order valence-electron chi connectivity index (χ4n) is 2.65. The molecule has 0 saturated carbocycles. The molecule has 0 amide bonds. The van der Waals surface area contributed by atoms with Crippen LogP contribution in [0.3, 0.4) is 0 Å². The van der Waals surface area contributed by atoms with Crippen LogP contribution in [0.5, 0.6) is 5.75 Å². The van der Waals surface area contributed by atoms with Gasteiger partial charge in [0.05, 0.1) is 12.0 Å². The van der Waals surface area contributed by atoms with Crippen LogP contribution in [-0.2, 0) is 10.0 Å². The molecule has 0 aromatic heterocycles. The predicted molar refractivity (Wildman–Crippen MR) is 93.4 cm³/mol. The lowest BCUT2D eigenvalue weighted by atomic mass is 10.00. The molecular weight excluding hydrogens is 392 g/mol. The Hall–Kier alpha value is -0.340. The highest BCUT2D eigenvalue weighted by atomic mass is 79.9. The molecule has 2 rings (SSSR count). The SMILES string of the molecule is CNCC1CCCN(S(=O)(=O)c2cc(Br)cc(OC)c2)C1.Cl. The zero-order valence-corrected chi connectivity index (χ0v) is 15.9. The molecule has 1 N–H and O–H groups in total. The molecule has 1 atom stereocenters. The molecule has 1 fully saturated rings. The quantitative estimate of drug-likeness (QED) is 0.806. The Bertz CT molecular complexity index is 596. The molecule has 1 aromatic rings. The van der Waals surface area contributed by atoms with Gasteiger partial charge in [-0.2, -0.15) is 4.31 Å². The third kappa shape index (κ3) is 4.58. The van der Waals surface area contributed by atoms with Crippen LogP contribution in [0.4, 0.5) is 0 Å². The highest BCUT2D eigenvalue weighted by molar-refractivity contribution is 9.10. The number of methoxy groups -OCH3 is 1. The smallest absolute Gasteiger partial charge is 0.243 e. The van der Waals surface area contributed by atoms with Crippen LogP contribution in [0.15, 0.2) is 27.6 Å². The van der Waals surface area contributed by atoms with Crippen molar-refractivity contribution in [1.82, 2.24) is 9.62 Å². The average molecular weight is 414 g/mol. The van der Waals surface area contributed by atoms with E-state index in [2.05, 4.69) is 21.2 Å². The molecule has 1 aliphatic heterocycles. The van der Waals surface area contributed by atoms with E-state index in [1.54, 1.807) is 22.5 Å². The van der Waals surface area contributed by atoms with Gasteiger partial charge in [0, 0.05) is 23.6 Å². The van der Waals surface area contributed by atoms with Crippen molar-refractivity contribution in [3.05, 3.63) is 22.7 Å². The van der Waals surface area contributed by atoms with Crippen LogP contribution in [0, 0.1) is 5.92 Å². The van der Waals surface area contributed by atoms with Crippen molar-refractivity contribution in [2.75, 3.05) is 33.8 Å². The number of ether oxygens (including phenoxy) is 1. The van der Waals surface area contributed by atoms with Crippen molar-refractivity contribution in [3.63, 3.8) is 0 Å². The van der Waals surface area contributed by atoms with E-state index in [0.717, 1.165) is 19.4 Å². The van der Waals surface area contributed by atoms with Crippen molar-refractivity contribution in [1.29, 1.82) is 0 Å². The molecule has 8 heteroatoms. The summed E-state index contributed by atoms with van der Waals surface area (Å²) in [6, 6.07) is 4.94. The van der Waals surface area contributed by atoms with Crippen LogP contribution in [0.25, 0.3) is 0 Å². The van der Waals surface area contributed by atoms with Crippen molar-refractivity contribution in [2.45, 2.75) is 17.7 Å². The molecule has 0 spiro atoms. The molecule has 5 nitrogen and oxygen atoms in total. The highest BCUT2D eigenvalue weighted by Gasteiger charge is 2.30. The lowest BCUT2D eigenvalue weighted by molar-refractivity contribution is 0.263. The Balaban J connectivity index is 0.00000242. The first kappa shape index (κ1) is 19.7. The van der Waals surface area contributed by atoms with E-state index >= 15 is 0 Å². The van der Waals surface area contributed by atoms with Gasteiger partial charge in [-0.25, -0.2) is 8.42 Å². The average Bonchev–Trinajstić information content (AvgIpc) is 2.47. The van der Waals surface area contributed by atoms with Gasteiger partial charge < -0.3 is 10.1 Å². The van der Waals surface area contributed by atoms with Crippen LogP contribution < -0.4 is 10.1 Å². The van der Waals surface area contributed by atoms with Crippen molar-refractivity contribution >= 4 is 38.4 Å². The lowest BCUT2D eigenvalue weighted by Crippen LogP contribution is -2.42. The second-order valence-corrected chi connectivity index (χ2v) is 8.11. The first-order valence-electron chi connectivity index (χ1n) is 6.96. The zero-order valence-electron chi connectivity index (χ0n) is 12.7. The number of nitrogens with one attached hydrogen (secondary N) is 1. The summed E-state index contributed by atoms with van der Waals surface area (Å²) in [6.45, 7) is 1.99. The number of piperidine rings is 1. The summed E-state index contributed by atoms with van der Waals surface area (Å²) in [5, 5.41) is 3.13. The minimum atomic E-state index is -3.47. The molecule has 0 aliphatic carbocycles. The third-order valence-corrected chi connectivity index (χ3v) is 5.99. The molecule has 1 aliphatic rings. The predicted octanol–water partition coefficient (Wildman–Crippen LogP) is 2.50. The minimum absolute atomic E-state index is 0. The van der Waals surface area contributed by atoms with E-state index < -0.39 is 10.0 Å². The molecule has 1 unspecified atom stereocenters. The third-order valence-electron chi connectivity index (χ3n) is 3.69. The van der Waals surface area contributed by atoms with Crippen LogP contribution in [0.1, 0.15) is 12.8 Å². The van der Waals surface area contributed by atoms with Crippen molar-refractivity contribution < 1.29 is 13.2 Å². The molecule has 0 radical (unpaired) electrons. The number of hydrogen-bond donors (Lipinski definition) is 1. The van der Waals surface area contributed by atoms with Gasteiger partial charge in [0.2, 0.25) is 10.0 Å². The number of sulfonamides is 1. The van der Waals surface area contributed by atoms with E-state index in [9.17, 15) is 8.42 Å². The fourth-order valence-corrected chi connectivity index (χ4v) is 4.89. The summed E-state index contributed by atoms with van der Waals surface area (Å²) < 4.78 is 33.0. The van der Waals surface area contributed by atoms with Crippen LogP contribution >= 0.6 is 28.3 Å². The highest BCUT2D eigenvalue weighted by Crippen LogP contribution is 2.28. The first-order valence-corrected chi connectivity index (χ1v) is 9.20. The fraction of sp³-hybridized carbons (Fsp3) is 0.571. The standard InChI is InChI=1S/C14H21BrN2O3S.ClH/c1-16-9-11-4-3-5-17(10-11)21(18,19)14-7-12(15)6-13(8-14)20-2;/h6-8,11,16H,3-5,9-10H2,1-2H3;1H. The van der Waals surface area contributed by atoms with Gasteiger partial charge in [-0.3, -0.25) is 0 Å². The summed E-state index contributed by atoms with van der Waals surface area (Å²) in [6.07, 6.45) is 1.96. The van der Waals surface area contributed by atoms with E-state index in [1.165, 1.54) is 7.11 Å². The number of halogens is 2. The summed E-state index contributed by atoms with van der Waals surface area (Å²) in [4.78, 5) is 0.277. The van der Waals surface area contributed by atoms with E-state index in [4.69, 9.17) is 4.74 Å². The molecule has 22 heavy (non-hydrogen) atoms.